The number of carbonyl (C=O) groups excluding carboxylic acids is 1. The van der Waals surface area contributed by atoms with Crippen LogP contribution in [0.1, 0.15) is 23.7 Å². The Bertz CT molecular complexity index is 925. The first-order valence-electron chi connectivity index (χ1n) is 8.90. The standard InChI is InChI=1S/C23H22ClO2P/c1-3-17-26-23(25)20-15-10-16-21(22(20)24)27(2,18-11-6-4-7-12-18)19-13-8-5-9-14-19/h4-16H,2-3,17H2,1H3. The van der Waals surface area contributed by atoms with Crippen LogP contribution in [0.5, 0.6) is 0 Å². The molecule has 0 atom stereocenters. The molecule has 0 saturated heterocycles. The topological polar surface area (TPSA) is 26.3 Å². The van der Waals surface area contributed by atoms with Crippen LogP contribution < -0.4 is 15.9 Å². The monoisotopic (exact) mass is 396 g/mol. The molecule has 4 heteroatoms. The highest BCUT2D eigenvalue weighted by atomic mass is 35.5. The third kappa shape index (κ3) is 3.88. The van der Waals surface area contributed by atoms with E-state index in [-0.39, 0.29) is 0 Å². The number of carbonyl (C=O) groups is 1. The molecule has 3 aromatic carbocycles. The van der Waals surface area contributed by atoms with E-state index in [0.29, 0.717) is 17.2 Å². The summed E-state index contributed by atoms with van der Waals surface area (Å²) < 4.78 is 5.31. The minimum Gasteiger partial charge on any atom is -0.462 e. The maximum atomic E-state index is 12.5. The lowest BCUT2D eigenvalue weighted by Crippen LogP contribution is -2.27. The zero-order chi connectivity index (χ0) is 19.3. The normalized spacial score (nSPS) is 11.2. The smallest absolute Gasteiger partial charge is 0.339 e. The van der Waals surface area contributed by atoms with Crippen molar-refractivity contribution in [1.82, 2.24) is 0 Å². The van der Waals surface area contributed by atoms with Crippen LogP contribution in [0.3, 0.4) is 0 Å². The van der Waals surface area contributed by atoms with Gasteiger partial charge in [-0.25, -0.2) is 4.79 Å². The van der Waals surface area contributed by atoms with Crippen LogP contribution in [-0.4, -0.2) is 18.9 Å². The lowest BCUT2D eigenvalue weighted by Gasteiger charge is -2.28. The number of esters is 1. The van der Waals surface area contributed by atoms with Gasteiger partial charge in [0.15, 0.2) is 0 Å². The van der Waals surface area contributed by atoms with Crippen LogP contribution in [0, 0.1) is 0 Å². The van der Waals surface area contributed by atoms with Gasteiger partial charge in [0.05, 0.1) is 17.2 Å². The van der Waals surface area contributed by atoms with E-state index in [1.807, 2.05) is 55.5 Å². The van der Waals surface area contributed by atoms with Crippen LogP contribution in [0.25, 0.3) is 0 Å². The van der Waals surface area contributed by atoms with E-state index in [1.165, 1.54) is 0 Å². The van der Waals surface area contributed by atoms with Crippen LogP contribution >= 0.6 is 18.5 Å². The van der Waals surface area contributed by atoms with Crippen molar-refractivity contribution in [2.45, 2.75) is 13.3 Å². The first-order valence-corrected chi connectivity index (χ1v) is 11.2. The quantitative estimate of drug-likeness (QED) is 0.448. The van der Waals surface area contributed by atoms with E-state index in [2.05, 4.69) is 30.6 Å². The lowest BCUT2D eigenvalue weighted by atomic mass is 10.2. The number of benzene rings is 3. The van der Waals surface area contributed by atoms with Gasteiger partial charge in [0.25, 0.3) is 0 Å². The second kappa shape index (κ2) is 8.61. The Morgan fingerprint density at radius 3 is 2.00 bits per heavy atom. The molecule has 0 aliphatic carbocycles. The van der Waals surface area contributed by atoms with Crippen molar-refractivity contribution in [2.75, 3.05) is 6.61 Å². The summed E-state index contributed by atoms with van der Waals surface area (Å²) in [4.78, 5) is 12.5. The molecule has 0 radical (unpaired) electrons. The Hall–Kier alpha value is -2.28. The molecular formula is C23H22ClO2P. The molecule has 3 aromatic rings. The van der Waals surface area contributed by atoms with E-state index < -0.39 is 12.9 Å². The molecule has 0 heterocycles. The molecule has 0 saturated carbocycles. The Morgan fingerprint density at radius 2 is 1.48 bits per heavy atom. The second-order valence-corrected chi connectivity index (χ2v) is 9.77. The molecule has 27 heavy (non-hydrogen) atoms. The first-order chi connectivity index (χ1) is 13.1. The van der Waals surface area contributed by atoms with Gasteiger partial charge in [-0.1, -0.05) is 97.6 Å². The fourth-order valence-electron chi connectivity index (χ4n) is 3.04. The van der Waals surface area contributed by atoms with Gasteiger partial charge in [-0.3, -0.25) is 0 Å². The minimum atomic E-state index is -2.25. The van der Waals surface area contributed by atoms with Crippen molar-refractivity contribution >= 4 is 46.7 Å². The summed E-state index contributed by atoms with van der Waals surface area (Å²) in [5.41, 5.74) is 0.391. The molecule has 0 bridgehead atoms. The number of hydrogen-bond acceptors (Lipinski definition) is 2. The number of halogens is 1. The van der Waals surface area contributed by atoms with E-state index in [9.17, 15) is 4.79 Å². The van der Waals surface area contributed by atoms with Crippen LogP contribution in [-0.2, 0) is 4.74 Å². The van der Waals surface area contributed by atoms with Gasteiger partial charge >= 0.3 is 5.97 Å². The van der Waals surface area contributed by atoms with Gasteiger partial charge in [0.2, 0.25) is 0 Å². The van der Waals surface area contributed by atoms with Crippen molar-refractivity contribution in [3.05, 3.63) is 89.4 Å². The molecule has 0 amide bonds. The highest BCUT2D eigenvalue weighted by molar-refractivity contribution is 7.93. The molecule has 0 spiro atoms. The first kappa shape index (κ1) is 19.5. The largest absolute Gasteiger partial charge is 0.462 e. The predicted molar refractivity (Wildman–Crippen MR) is 118 cm³/mol. The summed E-state index contributed by atoms with van der Waals surface area (Å²) >= 11 is 6.75. The molecule has 3 rings (SSSR count). The molecule has 138 valence electrons. The SMILES string of the molecule is C=P(c1ccccc1)(c1ccccc1)c1cccc(C(=O)OCCC)c1Cl. The van der Waals surface area contributed by atoms with Crippen LogP contribution in [0.15, 0.2) is 78.9 Å². The molecule has 0 fully saturated rings. The molecule has 0 aromatic heterocycles. The summed E-state index contributed by atoms with van der Waals surface area (Å²) in [5, 5.41) is 3.52. The van der Waals surface area contributed by atoms with Crippen LogP contribution in [0.2, 0.25) is 5.02 Å². The van der Waals surface area contributed by atoms with Crippen molar-refractivity contribution in [1.29, 1.82) is 0 Å². The van der Waals surface area contributed by atoms with Gasteiger partial charge in [-0.05, 0) is 30.0 Å². The lowest BCUT2D eigenvalue weighted by molar-refractivity contribution is 0.0505. The Morgan fingerprint density at radius 1 is 0.926 bits per heavy atom. The van der Waals surface area contributed by atoms with Crippen molar-refractivity contribution in [3.63, 3.8) is 0 Å². The van der Waals surface area contributed by atoms with E-state index in [1.54, 1.807) is 6.07 Å². The molecule has 0 N–H and O–H groups in total. The zero-order valence-corrected chi connectivity index (χ0v) is 16.9. The van der Waals surface area contributed by atoms with E-state index in [0.717, 1.165) is 22.3 Å². The third-order valence-electron chi connectivity index (χ3n) is 4.44. The van der Waals surface area contributed by atoms with Gasteiger partial charge in [-0.15, -0.1) is 0 Å². The van der Waals surface area contributed by atoms with Gasteiger partial charge in [-0.2, -0.15) is 0 Å². The summed E-state index contributed by atoms with van der Waals surface area (Å²) in [6, 6.07) is 25.8. The Labute approximate surface area is 165 Å². The third-order valence-corrected chi connectivity index (χ3v) is 8.53. The Balaban J connectivity index is 2.21. The molecule has 2 nitrogen and oxygen atoms in total. The van der Waals surface area contributed by atoms with Crippen LogP contribution in [0.4, 0.5) is 0 Å². The number of hydrogen-bond donors (Lipinski definition) is 0. The van der Waals surface area contributed by atoms with E-state index in [4.69, 9.17) is 16.3 Å². The summed E-state index contributed by atoms with van der Waals surface area (Å²) in [7, 11) is 0. The van der Waals surface area contributed by atoms with Crippen molar-refractivity contribution in [2.24, 2.45) is 0 Å². The fourth-order valence-corrected chi connectivity index (χ4v) is 6.69. The van der Waals surface area contributed by atoms with Gasteiger partial charge in [0, 0.05) is 5.30 Å². The molecule has 0 unspecified atom stereocenters. The summed E-state index contributed by atoms with van der Waals surface area (Å²) in [6.45, 7) is 0.0911. The van der Waals surface area contributed by atoms with Gasteiger partial charge in [0.1, 0.15) is 0 Å². The van der Waals surface area contributed by atoms with Crippen molar-refractivity contribution in [3.8, 4) is 0 Å². The highest BCUT2D eigenvalue weighted by Crippen LogP contribution is 2.44. The zero-order valence-electron chi connectivity index (χ0n) is 15.3. The minimum absolute atomic E-state index is 0.376. The predicted octanol–water partition coefficient (Wildman–Crippen LogP) is 4.63. The molecule has 0 aliphatic rings. The molecular weight excluding hydrogens is 375 g/mol. The second-order valence-electron chi connectivity index (χ2n) is 6.26. The number of ether oxygens (including phenoxy) is 1. The van der Waals surface area contributed by atoms with Crippen molar-refractivity contribution < 1.29 is 9.53 Å². The Kier molecular flexibility index (Phi) is 6.21. The molecule has 0 aliphatic heterocycles. The maximum absolute atomic E-state index is 12.5. The number of rotatable bonds is 6. The average molecular weight is 397 g/mol. The average Bonchev–Trinajstić information content (AvgIpc) is 2.73. The fraction of sp³-hybridized carbons (Fsp3) is 0.130. The highest BCUT2D eigenvalue weighted by Gasteiger charge is 2.27. The van der Waals surface area contributed by atoms with E-state index >= 15 is 0 Å². The van der Waals surface area contributed by atoms with Gasteiger partial charge < -0.3 is 4.74 Å². The maximum Gasteiger partial charge on any atom is 0.339 e. The summed E-state index contributed by atoms with van der Waals surface area (Å²) in [5.74, 6) is -0.392. The summed E-state index contributed by atoms with van der Waals surface area (Å²) in [6.07, 6.45) is 5.45.